The lowest BCUT2D eigenvalue weighted by molar-refractivity contribution is 0.147. The van der Waals surface area contributed by atoms with Crippen molar-refractivity contribution in [2.75, 3.05) is 0 Å². The molecular formula is C16H31NOS. The molecule has 2 aliphatic rings. The van der Waals surface area contributed by atoms with Gasteiger partial charge in [-0.05, 0) is 43.4 Å². The minimum Gasteiger partial charge on any atom is -0.327 e. The second-order valence-corrected chi connectivity index (χ2v) is 9.22. The van der Waals surface area contributed by atoms with Gasteiger partial charge in [-0.1, -0.05) is 40.0 Å². The fraction of sp³-hybridized carbons (Fsp3) is 1.00. The Balaban J connectivity index is 2.03. The highest BCUT2D eigenvalue weighted by Gasteiger charge is 2.40. The minimum atomic E-state index is -0.694. The molecule has 2 rings (SSSR count). The standard InChI is InChI=1S/C16H31NOS/c1-4-16(2,3)12-9-10-14(17)15(11-12)19(18)13-7-5-6-8-13/h12-15H,4-11,17H2,1-3H3. The van der Waals surface area contributed by atoms with Gasteiger partial charge in [-0.15, -0.1) is 0 Å². The van der Waals surface area contributed by atoms with Gasteiger partial charge in [0.25, 0.3) is 0 Å². The van der Waals surface area contributed by atoms with Crippen molar-refractivity contribution in [2.45, 2.75) is 88.7 Å². The number of hydrogen-bond donors (Lipinski definition) is 1. The van der Waals surface area contributed by atoms with Gasteiger partial charge < -0.3 is 5.73 Å². The van der Waals surface area contributed by atoms with Crippen LogP contribution >= 0.6 is 0 Å². The van der Waals surface area contributed by atoms with Crippen molar-refractivity contribution in [2.24, 2.45) is 17.1 Å². The van der Waals surface area contributed by atoms with Crippen molar-refractivity contribution in [3.63, 3.8) is 0 Å². The summed E-state index contributed by atoms with van der Waals surface area (Å²) in [5.74, 6) is 0.702. The van der Waals surface area contributed by atoms with E-state index >= 15 is 0 Å². The maximum atomic E-state index is 12.8. The Morgan fingerprint density at radius 2 is 1.79 bits per heavy atom. The first-order chi connectivity index (χ1) is 8.95. The average molecular weight is 285 g/mol. The molecule has 0 bridgehead atoms. The molecule has 2 fully saturated rings. The fourth-order valence-electron chi connectivity index (χ4n) is 3.79. The molecule has 0 aromatic rings. The monoisotopic (exact) mass is 285 g/mol. The Labute approximate surface area is 121 Å². The molecule has 0 amide bonds. The molecule has 112 valence electrons. The lowest BCUT2D eigenvalue weighted by Crippen LogP contribution is -2.47. The molecule has 0 aliphatic heterocycles. The zero-order chi connectivity index (χ0) is 14.0. The molecule has 2 aliphatic carbocycles. The summed E-state index contributed by atoms with van der Waals surface area (Å²) in [4.78, 5) is 0. The van der Waals surface area contributed by atoms with Crippen molar-refractivity contribution in [3.8, 4) is 0 Å². The first kappa shape index (κ1) is 15.5. The molecule has 0 saturated heterocycles. The minimum absolute atomic E-state index is 0.172. The molecule has 0 radical (unpaired) electrons. The van der Waals surface area contributed by atoms with E-state index in [-0.39, 0.29) is 11.3 Å². The lowest BCUT2D eigenvalue weighted by atomic mass is 9.69. The zero-order valence-corrected chi connectivity index (χ0v) is 13.7. The van der Waals surface area contributed by atoms with Gasteiger partial charge in [-0.25, -0.2) is 0 Å². The van der Waals surface area contributed by atoms with E-state index in [1.165, 1.54) is 25.7 Å². The van der Waals surface area contributed by atoms with Crippen LogP contribution in [0.15, 0.2) is 0 Å². The van der Waals surface area contributed by atoms with Gasteiger partial charge in [0.2, 0.25) is 0 Å². The SMILES string of the molecule is CCC(C)(C)C1CCC(N)C(S(=O)C2CCCC2)C1. The first-order valence-electron chi connectivity index (χ1n) is 8.10. The Kier molecular flexibility index (Phi) is 5.10. The summed E-state index contributed by atoms with van der Waals surface area (Å²) in [6.45, 7) is 7.01. The smallest absolute Gasteiger partial charge is 0.0504 e. The topological polar surface area (TPSA) is 43.1 Å². The van der Waals surface area contributed by atoms with Crippen LogP contribution in [-0.2, 0) is 10.8 Å². The Bertz CT molecular complexity index is 323. The third-order valence-electron chi connectivity index (χ3n) is 5.79. The average Bonchev–Trinajstić information content (AvgIpc) is 2.92. The van der Waals surface area contributed by atoms with E-state index in [4.69, 9.17) is 5.73 Å². The molecule has 2 N–H and O–H groups in total. The van der Waals surface area contributed by atoms with E-state index < -0.39 is 10.8 Å². The second kappa shape index (κ2) is 6.26. The van der Waals surface area contributed by atoms with Gasteiger partial charge in [0, 0.05) is 22.1 Å². The summed E-state index contributed by atoms with van der Waals surface area (Å²) >= 11 is 0. The molecule has 4 unspecified atom stereocenters. The maximum Gasteiger partial charge on any atom is 0.0504 e. The van der Waals surface area contributed by atoms with E-state index in [1.54, 1.807) is 0 Å². The summed E-state index contributed by atoms with van der Waals surface area (Å²) < 4.78 is 12.8. The number of rotatable bonds is 4. The maximum absolute atomic E-state index is 12.8. The van der Waals surface area contributed by atoms with Crippen LogP contribution in [0.2, 0.25) is 0 Å². The predicted molar refractivity (Wildman–Crippen MR) is 83.6 cm³/mol. The molecule has 0 aromatic carbocycles. The highest BCUT2D eigenvalue weighted by Crippen LogP contribution is 2.42. The lowest BCUT2D eigenvalue weighted by Gasteiger charge is -2.42. The predicted octanol–water partition coefficient (Wildman–Crippen LogP) is 3.61. The molecule has 0 spiro atoms. The van der Waals surface area contributed by atoms with Crippen LogP contribution < -0.4 is 5.73 Å². The molecule has 0 heterocycles. The van der Waals surface area contributed by atoms with Crippen molar-refractivity contribution < 1.29 is 4.21 Å². The second-order valence-electron chi connectivity index (χ2n) is 7.29. The van der Waals surface area contributed by atoms with Crippen LogP contribution in [0.25, 0.3) is 0 Å². The van der Waals surface area contributed by atoms with Crippen molar-refractivity contribution in [1.82, 2.24) is 0 Å². The van der Waals surface area contributed by atoms with Crippen LogP contribution in [0.1, 0.15) is 72.1 Å². The van der Waals surface area contributed by atoms with Crippen LogP contribution in [0, 0.1) is 11.3 Å². The Morgan fingerprint density at radius 1 is 1.16 bits per heavy atom. The van der Waals surface area contributed by atoms with Crippen LogP contribution in [0.4, 0.5) is 0 Å². The molecular weight excluding hydrogens is 254 g/mol. The fourth-order valence-corrected chi connectivity index (χ4v) is 5.98. The Hall–Kier alpha value is 0.110. The molecule has 2 nitrogen and oxygen atoms in total. The van der Waals surface area contributed by atoms with Gasteiger partial charge in [0.1, 0.15) is 0 Å². The van der Waals surface area contributed by atoms with Crippen LogP contribution in [0.5, 0.6) is 0 Å². The van der Waals surface area contributed by atoms with Gasteiger partial charge >= 0.3 is 0 Å². The van der Waals surface area contributed by atoms with Crippen LogP contribution in [0.3, 0.4) is 0 Å². The van der Waals surface area contributed by atoms with Gasteiger partial charge in [-0.3, -0.25) is 4.21 Å². The van der Waals surface area contributed by atoms with Gasteiger partial charge in [0.15, 0.2) is 0 Å². The van der Waals surface area contributed by atoms with E-state index in [0.717, 1.165) is 25.7 Å². The van der Waals surface area contributed by atoms with Crippen molar-refractivity contribution in [3.05, 3.63) is 0 Å². The molecule has 0 aromatic heterocycles. The highest BCUT2D eigenvalue weighted by atomic mass is 32.2. The van der Waals surface area contributed by atoms with Gasteiger partial charge in [-0.2, -0.15) is 0 Å². The van der Waals surface area contributed by atoms with E-state index in [0.29, 0.717) is 16.6 Å². The first-order valence-corrected chi connectivity index (χ1v) is 9.38. The normalized spacial score (nSPS) is 35.5. The zero-order valence-electron chi connectivity index (χ0n) is 12.9. The quantitative estimate of drug-likeness (QED) is 0.857. The Morgan fingerprint density at radius 3 is 2.37 bits per heavy atom. The van der Waals surface area contributed by atoms with Crippen molar-refractivity contribution >= 4 is 10.8 Å². The van der Waals surface area contributed by atoms with E-state index in [9.17, 15) is 4.21 Å². The van der Waals surface area contributed by atoms with Gasteiger partial charge in [0.05, 0.1) is 5.25 Å². The summed E-state index contributed by atoms with van der Waals surface area (Å²) in [6.07, 6.45) is 9.44. The third-order valence-corrected chi connectivity index (χ3v) is 8.06. The molecule has 19 heavy (non-hydrogen) atoms. The molecule has 2 saturated carbocycles. The van der Waals surface area contributed by atoms with Crippen molar-refractivity contribution in [1.29, 1.82) is 0 Å². The number of nitrogens with two attached hydrogens (primary N) is 1. The van der Waals surface area contributed by atoms with Crippen LogP contribution in [-0.4, -0.2) is 20.8 Å². The van der Waals surface area contributed by atoms with E-state index in [1.807, 2.05) is 0 Å². The summed E-state index contributed by atoms with van der Waals surface area (Å²) in [5, 5.41) is 0.701. The van der Waals surface area contributed by atoms with E-state index in [2.05, 4.69) is 20.8 Å². The molecule has 4 atom stereocenters. The largest absolute Gasteiger partial charge is 0.327 e. The highest BCUT2D eigenvalue weighted by molar-refractivity contribution is 7.86. The summed E-state index contributed by atoms with van der Waals surface area (Å²) in [5.41, 5.74) is 6.67. The molecule has 3 heteroatoms. The summed E-state index contributed by atoms with van der Waals surface area (Å²) in [6, 6.07) is 0.172. The number of hydrogen-bond acceptors (Lipinski definition) is 2. The third kappa shape index (κ3) is 3.41. The summed E-state index contributed by atoms with van der Waals surface area (Å²) in [7, 11) is -0.694.